The van der Waals surface area contributed by atoms with Crippen LogP contribution < -0.4 is 10.5 Å². The van der Waals surface area contributed by atoms with Crippen molar-refractivity contribution < 1.29 is 8.42 Å². The van der Waals surface area contributed by atoms with Gasteiger partial charge in [0.15, 0.2) is 0 Å². The molecular weight excluding hydrogens is 286 g/mol. The number of anilines is 1. The summed E-state index contributed by atoms with van der Waals surface area (Å²) in [6, 6.07) is 7.03. The third-order valence-electron chi connectivity index (χ3n) is 3.19. The van der Waals surface area contributed by atoms with Gasteiger partial charge in [0.05, 0.1) is 4.90 Å². The van der Waals surface area contributed by atoms with E-state index in [4.69, 9.17) is 5.73 Å². The molecule has 0 bridgehead atoms. The van der Waals surface area contributed by atoms with E-state index in [1.165, 1.54) is 0 Å². The van der Waals surface area contributed by atoms with Crippen molar-refractivity contribution in [2.24, 2.45) is 0 Å². The highest BCUT2D eigenvalue weighted by Crippen LogP contribution is 2.23. The first-order chi connectivity index (χ1) is 9.79. The lowest BCUT2D eigenvalue weighted by atomic mass is 10.1. The largest absolute Gasteiger partial charge is 0.399 e. The van der Waals surface area contributed by atoms with Crippen LogP contribution in [0.1, 0.15) is 22.4 Å². The van der Waals surface area contributed by atoms with Crippen LogP contribution in [0.3, 0.4) is 0 Å². The highest BCUT2D eigenvalue weighted by Gasteiger charge is 2.19. The van der Waals surface area contributed by atoms with Gasteiger partial charge in [0, 0.05) is 24.1 Å². The lowest BCUT2D eigenvalue weighted by Gasteiger charge is -2.13. The number of hydrogen-bond acceptors (Lipinski definition) is 4. The smallest absolute Gasteiger partial charge is 0.241 e. The zero-order valence-corrected chi connectivity index (χ0v) is 13.2. The fraction of sp³-hybridized carbons (Fsp3) is 0.267. The number of aromatic nitrogens is 1. The van der Waals surface area contributed by atoms with Crippen LogP contribution in [-0.2, 0) is 16.6 Å². The van der Waals surface area contributed by atoms with Gasteiger partial charge in [-0.1, -0.05) is 6.07 Å². The molecule has 2 aromatic rings. The Hall–Kier alpha value is -1.92. The van der Waals surface area contributed by atoms with Crippen LogP contribution in [0.15, 0.2) is 35.4 Å². The van der Waals surface area contributed by atoms with E-state index in [0.29, 0.717) is 16.8 Å². The highest BCUT2D eigenvalue weighted by atomic mass is 32.2. The zero-order valence-electron chi connectivity index (χ0n) is 12.3. The average molecular weight is 305 g/mol. The van der Waals surface area contributed by atoms with Crippen LogP contribution in [0.2, 0.25) is 0 Å². The second kappa shape index (κ2) is 5.83. The summed E-state index contributed by atoms with van der Waals surface area (Å²) >= 11 is 0. The normalized spacial score (nSPS) is 11.6. The second-order valence-electron chi connectivity index (χ2n) is 5.12. The number of nitrogen functional groups attached to an aromatic ring is 1. The molecule has 0 amide bonds. The number of benzene rings is 1. The summed E-state index contributed by atoms with van der Waals surface area (Å²) in [7, 11) is -3.58. The van der Waals surface area contributed by atoms with E-state index >= 15 is 0 Å². The fourth-order valence-electron chi connectivity index (χ4n) is 2.26. The summed E-state index contributed by atoms with van der Waals surface area (Å²) in [6.45, 7) is 5.57. The van der Waals surface area contributed by atoms with Gasteiger partial charge in [-0.3, -0.25) is 4.98 Å². The van der Waals surface area contributed by atoms with E-state index in [0.717, 1.165) is 11.3 Å². The molecule has 3 N–H and O–H groups in total. The molecule has 112 valence electrons. The number of sulfonamides is 1. The molecule has 0 fully saturated rings. The van der Waals surface area contributed by atoms with Gasteiger partial charge in [0.2, 0.25) is 10.0 Å². The van der Waals surface area contributed by atoms with E-state index in [2.05, 4.69) is 9.71 Å². The molecule has 21 heavy (non-hydrogen) atoms. The van der Waals surface area contributed by atoms with Gasteiger partial charge >= 0.3 is 0 Å². The first kappa shape index (κ1) is 15.5. The first-order valence-corrected chi connectivity index (χ1v) is 8.06. The summed E-state index contributed by atoms with van der Waals surface area (Å²) in [4.78, 5) is 4.44. The van der Waals surface area contributed by atoms with Crippen LogP contribution >= 0.6 is 0 Å². The molecule has 1 aromatic carbocycles. The van der Waals surface area contributed by atoms with E-state index in [9.17, 15) is 8.42 Å². The summed E-state index contributed by atoms with van der Waals surface area (Å²) in [5.74, 6) is 0. The molecule has 1 heterocycles. The van der Waals surface area contributed by atoms with Gasteiger partial charge in [-0.2, -0.15) is 0 Å². The fourth-order valence-corrected chi connectivity index (χ4v) is 3.73. The summed E-state index contributed by atoms with van der Waals surface area (Å²) in [5, 5.41) is 0. The number of aryl methyl sites for hydroxylation is 3. The molecule has 0 atom stereocenters. The van der Waals surface area contributed by atoms with E-state index in [-0.39, 0.29) is 11.4 Å². The van der Waals surface area contributed by atoms with Crippen molar-refractivity contribution >= 4 is 15.7 Å². The van der Waals surface area contributed by atoms with Crippen LogP contribution in [-0.4, -0.2) is 13.4 Å². The Bertz CT molecular complexity index is 730. The SMILES string of the molecule is Cc1ccc(CNS(=O)(=O)c2c(C)cc(N)cc2C)cn1. The van der Waals surface area contributed by atoms with Gasteiger partial charge < -0.3 is 5.73 Å². The van der Waals surface area contributed by atoms with Crippen molar-refractivity contribution in [2.45, 2.75) is 32.2 Å². The summed E-state index contributed by atoms with van der Waals surface area (Å²) in [5.41, 5.74) is 9.28. The minimum atomic E-state index is -3.58. The Labute approximate surface area is 125 Å². The maximum atomic E-state index is 12.5. The van der Waals surface area contributed by atoms with Gasteiger partial charge in [0.1, 0.15) is 0 Å². The number of pyridine rings is 1. The predicted octanol–water partition coefficient (Wildman–Crippen LogP) is 2.07. The Balaban J connectivity index is 2.25. The molecule has 0 spiro atoms. The van der Waals surface area contributed by atoms with E-state index < -0.39 is 10.0 Å². The third kappa shape index (κ3) is 3.59. The molecule has 6 heteroatoms. The lowest BCUT2D eigenvalue weighted by molar-refractivity contribution is 0.580. The number of nitrogens with one attached hydrogen (secondary N) is 1. The molecule has 2 rings (SSSR count). The molecule has 0 aliphatic heterocycles. The summed E-state index contributed by atoms with van der Waals surface area (Å²) in [6.07, 6.45) is 1.67. The van der Waals surface area contributed by atoms with Crippen molar-refractivity contribution in [3.63, 3.8) is 0 Å². The van der Waals surface area contributed by atoms with Crippen molar-refractivity contribution in [2.75, 3.05) is 5.73 Å². The molecule has 1 aromatic heterocycles. The molecule has 0 radical (unpaired) electrons. The van der Waals surface area contributed by atoms with Gasteiger partial charge in [0.25, 0.3) is 0 Å². The van der Waals surface area contributed by atoms with E-state index in [1.807, 2.05) is 19.1 Å². The number of hydrogen-bond donors (Lipinski definition) is 2. The molecule has 0 saturated carbocycles. The molecule has 0 unspecified atom stereocenters. The van der Waals surface area contributed by atoms with Crippen LogP contribution in [0.25, 0.3) is 0 Å². The zero-order chi connectivity index (χ0) is 15.6. The van der Waals surface area contributed by atoms with Crippen molar-refractivity contribution in [3.05, 3.63) is 52.8 Å². The number of nitrogens with two attached hydrogens (primary N) is 1. The molecule has 0 saturated heterocycles. The van der Waals surface area contributed by atoms with Gasteiger partial charge in [-0.05, 0) is 55.7 Å². The number of rotatable bonds is 4. The Morgan fingerprint density at radius 1 is 1.14 bits per heavy atom. The predicted molar refractivity (Wildman–Crippen MR) is 83.3 cm³/mol. The Kier molecular flexibility index (Phi) is 4.29. The molecular formula is C15H19N3O2S. The quantitative estimate of drug-likeness (QED) is 0.847. The van der Waals surface area contributed by atoms with E-state index in [1.54, 1.807) is 32.2 Å². The van der Waals surface area contributed by atoms with Crippen LogP contribution in [0.5, 0.6) is 0 Å². The monoisotopic (exact) mass is 305 g/mol. The lowest BCUT2D eigenvalue weighted by Crippen LogP contribution is -2.25. The minimum Gasteiger partial charge on any atom is -0.399 e. The average Bonchev–Trinajstić information content (AvgIpc) is 2.36. The highest BCUT2D eigenvalue weighted by molar-refractivity contribution is 7.89. The standard InChI is InChI=1S/C15H19N3O2S/c1-10-6-14(16)7-11(2)15(10)21(19,20)18-9-13-5-4-12(3)17-8-13/h4-8,18H,9,16H2,1-3H3. The summed E-state index contributed by atoms with van der Waals surface area (Å²) < 4.78 is 27.5. The third-order valence-corrected chi connectivity index (χ3v) is 4.90. The minimum absolute atomic E-state index is 0.207. The number of nitrogens with zero attached hydrogens (tertiary/aromatic N) is 1. The van der Waals surface area contributed by atoms with Crippen LogP contribution in [0.4, 0.5) is 5.69 Å². The van der Waals surface area contributed by atoms with Crippen LogP contribution in [0, 0.1) is 20.8 Å². The second-order valence-corrected chi connectivity index (χ2v) is 6.82. The molecule has 5 nitrogen and oxygen atoms in total. The van der Waals surface area contributed by atoms with Crippen molar-refractivity contribution in [1.82, 2.24) is 9.71 Å². The van der Waals surface area contributed by atoms with Crippen molar-refractivity contribution in [1.29, 1.82) is 0 Å². The topological polar surface area (TPSA) is 85.1 Å². The maximum Gasteiger partial charge on any atom is 0.241 e. The maximum absolute atomic E-state index is 12.5. The van der Waals surface area contributed by atoms with Gasteiger partial charge in [-0.15, -0.1) is 0 Å². The first-order valence-electron chi connectivity index (χ1n) is 6.57. The Morgan fingerprint density at radius 2 is 1.76 bits per heavy atom. The molecule has 0 aliphatic rings. The van der Waals surface area contributed by atoms with Gasteiger partial charge in [-0.25, -0.2) is 13.1 Å². The van der Waals surface area contributed by atoms with Crippen molar-refractivity contribution in [3.8, 4) is 0 Å². The molecule has 0 aliphatic carbocycles. The Morgan fingerprint density at radius 3 is 2.29 bits per heavy atom.